The summed E-state index contributed by atoms with van der Waals surface area (Å²) in [7, 11) is 1.31. The summed E-state index contributed by atoms with van der Waals surface area (Å²) in [6.07, 6.45) is 0.00427. The number of fused-ring (bicyclic) bond motifs is 1. The van der Waals surface area contributed by atoms with Gasteiger partial charge in [0, 0.05) is 17.1 Å². The van der Waals surface area contributed by atoms with Crippen LogP contribution in [0.3, 0.4) is 0 Å². The zero-order chi connectivity index (χ0) is 18.0. The smallest absolute Gasteiger partial charge is 0.337 e. The van der Waals surface area contributed by atoms with Gasteiger partial charge in [0.05, 0.1) is 19.1 Å². The van der Waals surface area contributed by atoms with Gasteiger partial charge in [0.15, 0.2) is 5.82 Å². The number of hydrogen-bond acceptors (Lipinski definition) is 6. The Balaban J connectivity index is 1.75. The SMILES string of the molecule is COC(=O)c1cccc(NC(=O)Cc2nc3nc(C)cc(C)n3n2)c1. The van der Waals surface area contributed by atoms with Crippen molar-refractivity contribution in [1.29, 1.82) is 0 Å². The van der Waals surface area contributed by atoms with Crippen LogP contribution in [0.2, 0.25) is 0 Å². The lowest BCUT2D eigenvalue weighted by atomic mass is 10.2. The predicted octanol–water partition coefficient (Wildman–Crippen LogP) is 1.71. The second kappa shape index (κ2) is 6.68. The minimum Gasteiger partial charge on any atom is -0.465 e. The van der Waals surface area contributed by atoms with Gasteiger partial charge < -0.3 is 10.1 Å². The average Bonchev–Trinajstić information content (AvgIpc) is 2.96. The van der Waals surface area contributed by atoms with E-state index in [1.54, 1.807) is 28.8 Å². The summed E-state index contributed by atoms with van der Waals surface area (Å²) in [5.74, 6) is 0.0955. The molecule has 0 spiro atoms. The number of methoxy groups -OCH3 is 1. The first-order chi connectivity index (χ1) is 12.0. The molecule has 0 radical (unpaired) electrons. The number of carbonyl (C=O) groups excluding carboxylic acids is 2. The second-order valence-corrected chi connectivity index (χ2v) is 5.58. The molecule has 2 aromatic heterocycles. The van der Waals surface area contributed by atoms with E-state index in [2.05, 4.69) is 25.1 Å². The van der Waals surface area contributed by atoms with Crippen molar-refractivity contribution >= 4 is 23.3 Å². The number of hydrogen-bond donors (Lipinski definition) is 1. The van der Waals surface area contributed by atoms with Gasteiger partial charge in [-0.2, -0.15) is 4.98 Å². The van der Waals surface area contributed by atoms with Gasteiger partial charge in [0.2, 0.25) is 5.91 Å². The van der Waals surface area contributed by atoms with Crippen molar-refractivity contribution in [2.45, 2.75) is 20.3 Å². The van der Waals surface area contributed by atoms with E-state index in [9.17, 15) is 9.59 Å². The van der Waals surface area contributed by atoms with E-state index in [0.717, 1.165) is 11.4 Å². The van der Waals surface area contributed by atoms with Crippen molar-refractivity contribution in [3.05, 3.63) is 53.1 Å². The lowest BCUT2D eigenvalue weighted by Gasteiger charge is -2.05. The number of esters is 1. The molecule has 1 N–H and O–H groups in total. The van der Waals surface area contributed by atoms with E-state index >= 15 is 0 Å². The van der Waals surface area contributed by atoms with Crippen molar-refractivity contribution in [2.75, 3.05) is 12.4 Å². The lowest BCUT2D eigenvalue weighted by molar-refractivity contribution is -0.115. The van der Waals surface area contributed by atoms with E-state index < -0.39 is 5.97 Å². The molecule has 1 aromatic carbocycles. The maximum absolute atomic E-state index is 12.2. The van der Waals surface area contributed by atoms with E-state index in [4.69, 9.17) is 0 Å². The fourth-order valence-electron chi connectivity index (χ4n) is 2.47. The van der Waals surface area contributed by atoms with Gasteiger partial charge in [-0.25, -0.2) is 14.3 Å². The molecule has 25 heavy (non-hydrogen) atoms. The summed E-state index contributed by atoms with van der Waals surface area (Å²) in [5.41, 5.74) is 2.60. The third-order valence-electron chi connectivity index (χ3n) is 3.55. The minimum atomic E-state index is -0.463. The molecule has 0 atom stereocenters. The maximum Gasteiger partial charge on any atom is 0.337 e. The molecule has 0 aliphatic rings. The third-order valence-corrected chi connectivity index (χ3v) is 3.55. The maximum atomic E-state index is 12.2. The number of anilines is 1. The van der Waals surface area contributed by atoms with Crippen LogP contribution in [-0.2, 0) is 16.0 Å². The van der Waals surface area contributed by atoms with Gasteiger partial charge in [-0.05, 0) is 38.1 Å². The van der Waals surface area contributed by atoms with E-state index in [1.807, 2.05) is 19.9 Å². The Hall–Kier alpha value is -3.29. The molecule has 0 saturated heterocycles. The first-order valence-corrected chi connectivity index (χ1v) is 7.64. The van der Waals surface area contributed by atoms with Crippen LogP contribution in [0.5, 0.6) is 0 Å². The van der Waals surface area contributed by atoms with Crippen LogP contribution in [0.25, 0.3) is 5.78 Å². The molecule has 3 rings (SSSR count). The normalized spacial score (nSPS) is 10.7. The van der Waals surface area contributed by atoms with Crippen LogP contribution >= 0.6 is 0 Å². The number of nitrogens with one attached hydrogen (secondary N) is 1. The molecule has 2 heterocycles. The quantitative estimate of drug-likeness (QED) is 0.727. The van der Waals surface area contributed by atoms with Crippen molar-refractivity contribution < 1.29 is 14.3 Å². The molecule has 1 amide bonds. The van der Waals surface area contributed by atoms with Gasteiger partial charge in [-0.1, -0.05) is 6.07 Å². The molecule has 0 bridgehead atoms. The van der Waals surface area contributed by atoms with E-state index in [-0.39, 0.29) is 12.3 Å². The molecule has 0 fully saturated rings. The molecule has 0 aliphatic carbocycles. The summed E-state index contributed by atoms with van der Waals surface area (Å²) in [4.78, 5) is 32.3. The second-order valence-electron chi connectivity index (χ2n) is 5.58. The molecule has 3 aromatic rings. The number of aryl methyl sites for hydroxylation is 2. The summed E-state index contributed by atoms with van der Waals surface area (Å²) >= 11 is 0. The van der Waals surface area contributed by atoms with Gasteiger partial charge in [-0.3, -0.25) is 4.79 Å². The summed E-state index contributed by atoms with van der Waals surface area (Å²) < 4.78 is 6.27. The Bertz CT molecular complexity index is 964. The van der Waals surface area contributed by atoms with E-state index in [0.29, 0.717) is 22.9 Å². The van der Waals surface area contributed by atoms with Crippen LogP contribution in [0, 0.1) is 13.8 Å². The highest BCUT2D eigenvalue weighted by Crippen LogP contribution is 2.12. The van der Waals surface area contributed by atoms with Gasteiger partial charge >= 0.3 is 5.97 Å². The Labute approximate surface area is 143 Å². The topological polar surface area (TPSA) is 98.5 Å². The Morgan fingerprint density at radius 3 is 2.76 bits per heavy atom. The van der Waals surface area contributed by atoms with Crippen LogP contribution in [0.4, 0.5) is 5.69 Å². The molecule has 8 heteroatoms. The number of amides is 1. The highest BCUT2D eigenvalue weighted by molar-refractivity contribution is 5.95. The Kier molecular flexibility index (Phi) is 4.42. The summed E-state index contributed by atoms with van der Waals surface area (Å²) in [6, 6.07) is 8.42. The Morgan fingerprint density at radius 1 is 1.20 bits per heavy atom. The number of rotatable bonds is 4. The third kappa shape index (κ3) is 3.63. The standard InChI is InChI=1S/C17H17N5O3/c1-10-7-11(2)22-17(18-10)20-14(21-22)9-15(23)19-13-6-4-5-12(8-13)16(24)25-3/h4-8H,9H2,1-3H3,(H,19,23). The van der Waals surface area contributed by atoms with Crippen molar-refractivity contribution in [1.82, 2.24) is 19.6 Å². The van der Waals surface area contributed by atoms with Gasteiger partial charge in [0.25, 0.3) is 5.78 Å². The lowest BCUT2D eigenvalue weighted by Crippen LogP contribution is -2.15. The molecular formula is C17H17N5O3. The fourth-order valence-corrected chi connectivity index (χ4v) is 2.47. The summed E-state index contributed by atoms with van der Waals surface area (Å²) in [5, 5.41) is 7.03. The highest BCUT2D eigenvalue weighted by atomic mass is 16.5. The molecule has 128 valence electrons. The molecule has 0 unspecified atom stereocenters. The molecule has 8 nitrogen and oxygen atoms in total. The highest BCUT2D eigenvalue weighted by Gasteiger charge is 2.13. The van der Waals surface area contributed by atoms with Crippen LogP contribution in [-0.4, -0.2) is 38.6 Å². The van der Waals surface area contributed by atoms with Crippen LogP contribution in [0.1, 0.15) is 27.6 Å². The average molecular weight is 339 g/mol. The monoisotopic (exact) mass is 339 g/mol. The molecule has 0 aliphatic heterocycles. The largest absolute Gasteiger partial charge is 0.465 e. The van der Waals surface area contributed by atoms with E-state index in [1.165, 1.54) is 7.11 Å². The number of aromatic nitrogens is 4. The first-order valence-electron chi connectivity index (χ1n) is 7.64. The minimum absolute atomic E-state index is 0.00427. The van der Waals surface area contributed by atoms with Crippen LogP contribution in [0.15, 0.2) is 30.3 Å². The van der Waals surface area contributed by atoms with Gasteiger partial charge in [-0.15, -0.1) is 5.10 Å². The number of ether oxygens (including phenoxy) is 1. The number of nitrogens with zero attached hydrogens (tertiary/aromatic N) is 4. The Morgan fingerprint density at radius 2 is 2.00 bits per heavy atom. The van der Waals surface area contributed by atoms with Crippen LogP contribution < -0.4 is 5.32 Å². The first kappa shape index (κ1) is 16.6. The molecular weight excluding hydrogens is 322 g/mol. The zero-order valence-electron chi connectivity index (χ0n) is 14.1. The van der Waals surface area contributed by atoms with Crippen molar-refractivity contribution in [3.63, 3.8) is 0 Å². The predicted molar refractivity (Wildman–Crippen MR) is 90.4 cm³/mol. The van der Waals surface area contributed by atoms with Gasteiger partial charge in [0.1, 0.15) is 0 Å². The fraction of sp³-hybridized carbons (Fsp3) is 0.235. The number of benzene rings is 1. The number of carbonyl (C=O) groups is 2. The molecule has 0 saturated carbocycles. The summed E-state index contributed by atoms with van der Waals surface area (Å²) in [6.45, 7) is 3.78. The van der Waals surface area contributed by atoms with Crippen molar-refractivity contribution in [2.24, 2.45) is 0 Å². The van der Waals surface area contributed by atoms with Crippen molar-refractivity contribution in [3.8, 4) is 0 Å². The zero-order valence-corrected chi connectivity index (χ0v) is 14.1.